The molecule has 0 saturated carbocycles. The van der Waals surface area contributed by atoms with Gasteiger partial charge in [0, 0.05) is 0 Å². The summed E-state index contributed by atoms with van der Waals surface area (Å²) in [6.07, 6.45) is 0. The fourth-order valence-electron chi connectivity index (χ4n) is 2.28. The number of phenols is 1. The zero-order valence-electron chi connectivity index (χ0n) is 10.6. The van der Waals surface area contributed by atoms with Crippen LogP contribution in [0.5, 0.6) is 5.75 Å². The number of benzene rings is 2. The molecule has 21 heavy (non-hydrogen) atoms. The van der Waals surface area contributed by atoms with E-state index >= 15 is 0 Å². The van der Waals surface area contributed by atoms with Crippen molar-refractivity contribution in [2.45, 2.75) is 6.54 Å². The summed E-state index contributed by atoms with van der Waals surface area (Å²) in [4.78, 5) is 25.2. The van der Waals surface area contributed by atoms with E-state index in [1.807, 2.05) is 0 Å². The van der Waals surface area contributed by atoms with Crippen molar-refractivity contribution in [2.24, 2.45) is 0 Å². The molecule has 1 amide bonds. The highest BCUT2D eigenvalue weighted by molar-refractivity contribution is 9.10. The van der Waals surface area contributed by atoms with Crippen LogP contribution in [0.25, 0.3) is 0 Å². The Hall–Kier alpha value is -2.21. The number of carbonyl (C=O) groups excluding carboxylic acids is 2. The Morgan fingerprint density at radius 2 is 1.95 bits per heavy atom. The second kappa shape index (κ2) is 4.96. The van der Waals surface area contributed by atoms with Crippen LogP contribution < -0.4 is 4.90 Å². The van der Waals surface area contributed by atoms with E-state index in [1.54, 1.807) is 12.1 Å². The maximum Gasteiger partial charge on any atom is 0.299 e. The van der Waals surface area contributed by atoms with E-state index in [-0.39, 0.29) is 28.0 Å². The predicted octanol–water partition coefficient (Wildman–Crippen LogP) is 3.02. The minimum absolute atomic E-state index is 0.0627. The molecule has 3 rings (SSSR count). The van der Waals surface area contributed by atoms with Gasteiger partial charge < -0.3 is 10.0 Å². The van der Waals surface area contributed by atoms with E-state index in [1.165, 1.54) is 23.1 Å². The number of aromatic hydroxyl groups is 1. The zero-order chi connectivity index (χ0) is 15.1. The number of Topliss-reactive ketones (excluding diaryl/α,β-unsaturated/α-hetero) is 1. The third-order valence-electron chi connectivity index (χ3n) is 3.26. The van der Waals surface area contributed by atoms with Crippen molar-refractivity contribution < 1.29 is 19.1 Å². The number of anilines is 1. The summed E-state index contributed by atoms with van der Waals surface area (Å²) in [6, 6.07) is 8.81. The van der Waals surface area contributed by atoms with E-state index < -0.39 is 17.5 Å². The number of fused-ring (bicyclic) bond motifs is 1. The normalized spacial score (nSPS) is 13.7. The van der Waals surface area contributed by atoms with Gasteiger partial charge in [0.25, 0.3) is 11.7 Å². The maximum absolute atomic E-state index is 13.7. The Morgan fingerprint density at radius 3 is 2.67 bits per heavy atom. The van der Waals surface area contributed by atoms with E-state index in [2.05, 4.69) is 15.9 Å². The van der Waals surface area contributed by atoms with Gasteiger partial charge in [-0.1, -0.05) is 12.1 Å². The first-order chi connectivity index (χ1) is 9.97. The molecule has 1 N–H and O–H groups in total. The number of halogens is 2. The SMILES string of the molecule is O=C1C(=O)N(Cc2cccc(O)c2)c2cc(F)c(Br)cc21. The topological polar surface area (TPSA) is 57.6 Å². The minimum atomic E-state index is -0.703. The molecule has 106 valence electrons. The monoisotopic (exact) mass is 349 g/mol. The zero-order valence-corrected chi connectivity index (χ0v) is 12.2. The summed E-state index contributed by atoms with van der Waals surface area (Å²) >= 11 is 3.00. The first kappa shape index (κ1) is 13.8. The molecule has 0 unspecified atom stereocenters. The third kappa shape index (κ3) is 2.31. The van der Waals surface area contributed by atoms with Gasteiger partial charge in [0.05, 0.1) is 22.3 Å². The van der Waals surface area contributed by atoms with Crippen molar-refractivity contribution in [1.29, 1.82) is 0 Å². The van der Waals surface area contributed by atoms with Crippen LogP contribution in [0, 0.1) is 5.82 Å². The Kier molecular flexibility index (Phi) is 3.25. The van der Waals surface area contributed by atoms with Gasteiger partial charge >= 0.3 is 0 Å². The molecule has 0 aromatic heterocycles. The Balaban J connectivity index is 2.03. The molecule has 0 spiro atoms. The van der Waals surface area contributed by atoms with Gasteiger partial charge in [-0.25, -0.2) is 4.39 Å². The Bertz CT molecular complexity index is 776. The second-order valence-corrected chi connectivity index (χ2v) is 5.53. The van der Waals surface area contributed by atoms with Crippen LogP contribution in [0.15, 0.2) is 40.9 Å². The van der Waals surface area contributed by atoms with E-state index in [4.69, 9.17) is 0 Å². The molecule has 0 aliphatic carbocycles. The van der Waals surface area contributed by atoms with Crippen molar-refractivity contribution in [3.05, 3.63) is 57.8 Å². The smallest absolute Gasteiger partial charge is 0.299 e. The summed E-state index contributed by atoms with van der Waals surface area (Å²) in [6.45, 7) is 0.0903. The fraction of sp³-hybridized carbons (Fsp3) is 0.0667. The molecule has 2 aromatic rings. The van der Waals surface area contributed by atoms with Crippen molar-refractivity contribution in [2.75, 3.05) is 4.90 Å². The molecule has 4 nitrogen and oxygen atoms in total. The summed E-state index contributed by atoms with van der Waals surface area (Å²) in [5, 5.41) is 9.44. The van der Waals surface area contributed by atoms with E-state index in [9.17, 15) is 19.1 Å². The van der Waals surface area contributed by atoms with Crippen LogP contribution in [0.3, 0.4) is 0 Å². The highest BCUT2D eigenvalue weighted by atomic mass is 79.9. The standard InChI is InChI=1S/C15H9BrFNO3/c16-11-5-10-13(6-12(11)17)18(15(21)14(10)20)7-8-2-1-3-9(19)4-8/h1-6,19H,7H2. The van der Waals surface area contributed by atoms with Gasteiger partial charge in [0.2, 0.25) is 0 Å². The number of hydrogen-bond acceptors (Lipinski definition) is 3. The summed E-state index contributed by atoms with van der Waals surface area (Å²) in [7, 11) is 0. The van der Waals surface area contributed by atoms with E-state index in [0.717, 1.165) is 6.07 Å². The van der Waals surface area contributed by atoms with Crippen LogP contribution >= 0.6 is 15.9 Å². The number of phenolic OH excluding ortho intramolecular Hbond substituents is 1. The number of rotatable bonds is 2. The number of amides is 1. The fourth-order valence-corrected chi connectivity index (χ4v) is 2.63. The largest absolute Gasteiger partial charge is 0.508 e. The van der Waals surface area contributed by atoms with Crippen molar-refractivity contribution in [3.8, 4) is 5.75 Å². The molecule has 1 aliphatic heterocycles. The van der Waals surface area contributed by atoms with Crippen LogP contribution in [-0.2, 0) is 11.3 Å². The molecule has 0 radical (unpaired) electrons. The molecule has 1 aliphatic rings. The highest BCUT2D eigenvalue weighted by Crippen LogP contribution is 2.34. The van der Waals surface area contributed by atoms with Gasteiger partial charge in [-0.3, -0.25) is 9.59 Å². The number of hydrogen-bond donors (Lipinski definition) is 1. The quantitative estimate of drug-likeness (QED) is 0.847. The average molecular weight is 350 g/mol. The molecule has 0 saturated heterocycles. The lowest BCUT2D eigenvalue weighted by molar-refractivity contribution is -0.114. The van der Waals surface area contributed by atoms with Gasteiger partial charge in [-0.15, -0.1) is 0 Å². The Morgan fingerprint density at radius 1 is 1.19 bits per heavy atom. The molecule has 0 bridgehead atoms. The third-order valence-corrected chi connectivity index (χ3v) is 3.87. The average Bonchev–Trinajstić information content (AvgIpc) is 2.65. The van der Waals surface area contributed by atoms with Crippen LogP contribution in [-0.4, -0.2) is 16.8 Å². The van der Waals surface area contributed by atoms with Gasteiger partial charge in [0.1, 0.15) is 11.6 Å². The first-order valence-corrected chi connectivity index (χ1v) is 6.90. The summed E-state index contributed by atoms with van der Waals surface area (Å²) in [5.41, 5.74) is 1.06. The molecule has 2 aromatic carbocycles. The number of ketones is 1. The first-order valence-electron chi connectivity index (χ1n) is 6.10. The van der Waals surface area contributed by atoms with Gasteiger partial charge in [-0.05, 0) is 45.8 Å². The molecular formula is C15H9BrFNO3. The van der Waals surface area contributed by atoms with Crippen LogP contribution in [0.1, 0.15) is 15.9 Å². The lowest BCUT2D eigenvalue weighted by Crippen LogP contribution is -2.29. The van der Waals surface area contributed by atoms with Crippen LogP contribution in [0.4, 0.5) is 10.1 Å². The summed E-state index contributed by atoms with van der Waals surface area (Å²) in [5.74, 6) is -1.85. The van der Waals surface area contributed by atoms with Crippen molar-refractivity contribution in [3.63, 3.8) is 0 Å². The summed E-state index contributed by atoms with van der Waals surface area (Å²) < 4.78 is 13.8. The molecule has 1 heterocycles. The second-order valence-electron chi connectivity index (χ2n) is 4.67. The van der Waals surface area contributed by atoms with Crippen LogP contribution in [0.2, 0.25) is 0 Å². The Labute approximate surface area is 127 Å². The van der Waals surface area contributed by atoms with Crippen molar-refractivity contribution >= 4 is 33.3 Å². The lowest BCUT2D eigenvalue weighted by atomic mass is 10.1. The maximum atomic E-state index is 13.7. The lowest BCUT2D eigenvalue weighted by Gasteiger charge is -2.17. The van der Waals surface area contributed by atoms with E-state index in [0.29, 0.717) is 5.56 Å². The number of carbonyl (C=O) groups is 2. The molecule has 6 heteroatoms. The van der Waals surface area contributed by atoms with Gasteiger partial charge in [-0.2, -0.15) is 0 Å². The van der Waals surface area contributed by atoms with Gasteiger partial charge in [0.15, 0.2) is 0 Å². The molecule has 0 fully saturated rings. The molecular weight excluding hydrogens is 341 g/mol. The minimum Gasteiger partial charge on any atom is -0.508 e. The molecule has 0 atom stereocenters. The highest BCUT2D eigenvalue weighted by Gasteiger charge is 2.36. The number of nitrogens with zero attached hydrogens (tertiary/aromatic N) is 1. The van der Waals surface area contributed by atoms with Crippen molar-refractivity contribution in [1.82, 2.24) is 0 Å². The predicted molar refractivity (Wildman–Crippen MR) is 77.7 cm³/mol.